The molecule has 1 aromatic rings. The molecule has 0 bridgehead atoms. The van der Waals surface area contributed by atoms with Crippen LogP contribution in [-0.2, 0) is 14.3 Å². The van der Waals surface area contributed by atoms with E-state index in [1.807, 2.05) is 32.0 Å². The van der Waals surface area contributed by atoms with Crippen LogP contribution >= 0.6 is 0 Å². The Kier molecular flexibility index (Phi) is 10.00. The summed E-state index contributed by atoms with van der Waals surface area (Å²) in [6.45, 7) is 10.7. The lowest BCUT2D eigenvalue weighted by molar-refractivity contribution is -0.141. The van der Waals surface area contributed by atoms with Crippen LogP contribution in [0.25, 0.3) is 0 Å². The Morgan fingerprint density at radius 2 is 1.94 bits per heavy atom. The number of hydrogen-bond donors (Lipinski definition) is 2. The largest absolute Gasteiger partial charge is 0.444 e. The lowest BCUT2D eigenvalue weighted by atomic mass is 10.0. The van der Waals surface area contributed by atoms with E-state index in [1.165, 1.54) is 11.8 Å². The lowest BCUT2D eigenvalue weighted by Gasteiger charge is -2.32. The SMILES string of the molecule is CCCCNC(=O)C(c1cccc(C)c1)N(CC#N)C(=O)C(C)NC(=O)OC(C)(C)C. The highest BCUT2D eigenvalue weighted by atomic mass is 16.6. The summed E-state index contributed by atoms with van der Waals surface area (Å²) >= 11 is 0. The first-order valence-corrected chi connectivity index (χ1v) is 10.5. The van der Waals surface area contributed by atoms with E-state index in [-0.39, 0.29) is 12.5 Å². The van der Waals surface area contributed by atoms with E-state index in [2.05, 4.69) is 10.6 Å². The Morgan fingerprint density at radius 1 is 1.26 bits per heavy atom. The van der Waals surface area contributed by atoms with Gasteiger partial charge in [-0.25, -0.2) is 4.79 Å². The van der Waals surface area contributed by atoms with Crippen molar-refractivity contribution in [2.24, 2.45) is 0 Å². The molecule has 0 fully saturated rings. The van der Waals surface area contributed by atoms with Crippen LogP contribution in [-0.4, -0.2) is 47.5 Å². The van der Waals surface area contributed by atoms with Crippen molar-refractivity contribution in [2.45, 2.75) is 72.1 Å². The van der Waals surface area contributed by atoms with E-state index in [0.29, 0.717) is 12.1 Å². The Labute approximate surface area is 184 Å². The van der Waals surface area contributed by atoms with Crippen molar-refractivity contribution < 1.29 is 19.1 Å². The molecule has 8 nitrogen and oxygen atoms in total. The van der Waals surface area contributed by atoms with Crippen LogP contribution in [0.15, 0.2) is 24.3 Å². The van der Waals surface area contributed by atoms with Crippen molar-refractivity contribution in [3.8, 4) is 6.07 Å². The van der Waals surface area contributed by atoms with Gasteiger partial charge in [-0.15, -0.1) is 0 Å². The van der Waals surface area contributed by atoms with E-state index >= 15 is 0 Å². The van der Waals surface area contributed by atoms with Gasteiger partial charge in [0.05, 0.1) is 6.07 Å². The predicted molar refractivity (Wildman–Crippen MR) is 118 cm³/mol. The normalized spacial score (nSPS) is 12.8. The molecule has 2 N–H and O–H groups in total. The molecule has 8 heteroatoms. The minimum absolute atomic E-state index is 0.307. The highest BCUT2D eigenvalue weighted by molar-refractivity contribution is 5.92. The molecule has 2 atom stereocenters. The molecule has 1 rings (SSSR count). The van der Waals surface area contributed by atoms with Crippen molar-refractivity contribution in [2.75, 3.05) is 13.1 Å². The van der Waals surface area contributed by atoms with Crippen molar-refractivity contribution in [1.82, 2.24) is 15.5 Å². The fourth-order valence-corrected chi connectivity index (χ4v) is 2.97. The molecule has 0 spiro atoms. The fraction of sp³-hybridized carbons (Fsp3) is 0.565. The van der Waals surface area contributed by atoms with Gasteiger partial charge in [0.1, 0.15) is 24.2 Å². The summed E-state index contributed by atoms with van der Waals surface area (Å²) < 4.78 is 5.21. The molecular weight excluding hydrogens is 396 g/mol. The van der Waals surface area contributed by atoms with Gasteiger partial charge in [0, 0.05) is 6.54 Å². The molecule has 0 aromatic heterocycles. The number of nitrogens with one attached hydrogen (secondary N) is 2. The second kappa shape index (κ2) is 11.9. The summed E-state index contributed by atoms with van der Waals surface area (Å²) in [5, 5.41) is 14.7. The standard InChI is InChI=1S/C23H34N4O4/c1-7-8-13-25-20(28)19(18-11-9-10-16(2)15-18)27(14-12-24)21(29)17(3)26-22(30)31-23(4,5)6/h9-11,15,17,19H,7-8,13-14H2,1-6H3,(H,25,28)(H,26,30). The number of unbranched alkanes of at least 4 members (excludes halogenated alkanes) is 1. The minimum Gasteiger partial charge on any atom is -0.444 e. The topological polar surface area (TPSA) is 112 Å². The summed E-state index contributed by atoms with van der Waals surface area (Å²) in [6, 6.07) is 7.23. The Balaban J connectivity index is 3.19. The maximum Gasteiger partial charge on any atom is 0.408 e. The van der Waals surface area contributed by atoms with Gasteiger partial charge in [0.25, 0.3) is 0 Å². The van der Waals surface area contributed by atoms with Crippen molar-refractivity contribution in [3.63, 3.8) is 0 Å². The highest BCUT2D eigenvalue weighted by Gasteiger charge is 2.34. The quantitative estimate of drug-likeness (QED) is 0.461. The van der Waals surface area contributed by atoms with Crippen molar-refractivity contribution in [3.05, 3.63) is 35.4 Å². The number of nitriles is 1. The average molecular weight is 431 g/mol. The van der Waals surface area contributed by atoms with Crippen molar-refractivity contribution >= 4 is 17.9 Å². The van der Waals surface area contributed by atoms with Gasteiger partial charge in [-0.05, 0) is 46.6 Å². The van der Waals surface area contributed by atoms with Crippen LogP contribution in [0.5, 0.6) is 0 Å². The molecule has 170 valence electrons. The number of aryl methyl sites for hydroxylation is 1. The smallest absolute Gasteiger partial charge is 0.408 e. The van der Waals surface area contributed by atoms with Crippen LogP contribution in [0.1, 0.15) is 64.6 Å². The molecule has 1 aromatic carbocycles. The van der Waals surface area contributed by atoms with Gasteiger partial charge in [0.2, 0.25) is 11.8 Å². The third kappa shape index (κ3) is 8.67. The third-order valence-electron chi connectivity index (χ3n) is 4.38. The van der Waals surface area contributed by atoms with Crippen LogP contribution in [0.3, 0.4) is 0 Å². The van der Waals surface area contributed by atoms with Crippen LogP contribution in [0.2, 0.25) is 0 Å². The Morgan fingerprint density at radius 3 is 2.48 bits per heavy atom. The van der Waals surface area contributed by atoms with Gasteiger partial charge < -0.3 is 20.3 Å². The molecule has 0 heterocycles. The van der Waals surface area contributed by atoms with Gasteiger partial charge in [0.15, 0.2) is 0 Å². The Hall–Kier alpha value is -3.08. The van der Waals surface area contributed by atoms with Crippen LogP contribution in [0, 0.1) is 18.3 Å². The number of amides is 3. The number of rotatable bonds is 9. The van der Waals surface area contributed by atoms with E-state index in [9.17, 15) is 19.6 Å². The van der Waals surface area contributed by atoms with Gasteiger partial charge >= 0.3 is 6.09 Å². The molecule has 0 radical (unpaired) electrons. The van der Waals surface area contributed by atoms with Crippen molar-refractivity contribution in [1.29, 1.82) is 5.26 Å². The molecule has 0 aliphatic rings. The van der Waals surface area contributed by atoms with E-state index in [0.717, 1.165) is 18.4 Å². The summed E-state index contributed by atoms with van der Waals surface area (Å²) in [6.07, 6.45) is 0.965. The summed E-state index contributed by atoms with van der Waals surface area (Å²) in [5.41, 5.74) is 0.804. The molecule has 2 unspecified atom stereocenters. The lowest BCUT2D eigenvalue weighted by Crippen LogP contribution is -2.52. The second-order valence-corrected chi connectivity index (χ2v) is 8.45. The highest BCUT2D eigenvalue weighted by Crippen LogP contribution is 2.23. The van der Waals surface area contributed by atoms with Gasteiger partial charge in [-0.2, -0.15) is 5.26 Å². The number of carbonyl (C=O) groups excluding carboxylic acids is 3. The fourth-order valence-electron chi connectivity index (χ4n) is 2.97. The molecule has 0 saturated carbocycles. The maximum atomic E-state index is 13.2. The average Bonchev–Trinajstić information content (AvgIpc) is 2.65. The van der Waals surface area contributed by atoms with E-state index in [1.54, 1.807) is 32.9 Å². The van der Waals surface area contributed by atoms with E-state index < -0.39 is 29.7 Å². The zero-order valence-electron chi connectivity index (χ0n) is 19.3. The zero-order chi connectivity index (χ0) is 23.6. The molecule has 31 heavy (non-hydrogen) atoms. The summed E-state index contributed by atoms with van der Waals surface area (Å²) in [7, 11) is 0. The first-order valence-electron chi connectivity index (χ1n) is 10.5. The number of hydrogen-bond acceptors (Lipinski definition) is 5. The number of carbonyl (C=O) groups is 3. The number of nitrogens with zero attached hydrogens (tertiary/aromatic N) is 2. The third-order valence-corrected chi connectivity index (χ3v) is 4.38. The molecular formula is C23H34N4O4. The van der Waals surface area contributed by atoms with Crippen LogP contribution < -0.4 is 10.6 Å². The molecule has 0 aliphatic heterocycles. The first-order chi connectivity index (χ1) is 14.5. The van der Waals surface area contributed by atoms with Gasteiger partial charge in [-0.1, -0.05) is 43.2 Å². The Bertz CT molecular complexity index is 811. The number of benzene rings is 1. The first kappa shape index (κ1) is 26.0. The van der Waals surface area contributed by atoms with Crippen LogP contribution in [0.4, 0.5) is 4.79 Å². The van der Waals surface area contributed by atoms with E-state index in [4.69, 9.17) is 4.74 Å². The second-order valence-electron chi connectivity index (χ2n) is 8.45. The zero-order valence-corrected chi connectivity index (χ0v) is 19.3. The predicted octanol–water partition coefficient (Wildman–Crippen LogP) is 3.22. The molecule has 3 amide bonds. The molecule has 0 aliphatic carbocycles. The number of alkyl carbamates (subject to hydrolysis) is 1. The monoisotopic (exact) mass is 430 g/mol. The summed E-state index contributed by atoms with van der Waals surface area (Å²) in [4.78, 5) is 39.5. The summed E-state index contributed by atoms with van der Waals surface area (Å²) in [5.74, 6) is -0.920. The maximum absolute atomic E-state index is 13.2. The molecule has 0 saturated heterocycles. The van der Waals surface area contributed by atoms with Gasteiger partial charge in [-0.3, -0.25) is 9.59 Å². The number of ether oxygens (including phenoxy) is 1. The minimum atomic E-state index is -0.994.